The summed E-state index contributed by atoms with van der Waals surface area (Å²) < 4.78 is 7.66. The number of benzene rings is 1. The maximum Gasteiger partial charge on any atom is 0.241 e. The van der Waals surface area contributed by atoms with Crippen LogP contribution >= 0.6 is 12.6 Å². The fraction of sp³-hybridized carbons (Fsp3) is 0.500. The smallest absolute Gasteiger partial charge is 0.241 e. The SMILES string of the molecule is CCC(C)[C@H]1c2nc(-c3ccccc3OC)cn2CCN1C(=O)[C@@H](N)CS. The highest BCUT2D eigenvalue weighted by atomic mass is 32.1. The Morgan fingerprint density at radius 2 is 2.15 bits per heavy atom. The number of carbonyl (C=O) groups is 1. The standard InChI is InChI=1S/C20H28N4O2S/c1-4-13(2)18-19-22-16(14-7-5-6-8-17(14)26-3)11-23(19)9-10-24(18)20(25)15(21)12-27/h5-8,11,13,15,18,27H,4,9-10,12,21H2,1-3H3/t13?,15-,18-/m0/s1. The summed E-state index contributed by atoms with van der Waals surface area (Å²) in [5.74, 6) is 2.26. The summed E-state index contributed by atoms with van der Waals surface area (Å²) in [6.45, 7) is 5.62. The Hall–Kier alpha value is -1.99. The number of ether oxygens (including phenoxy) is 1. The number of rotatable bonds is 6. The summed E-state index contributed by atoms with van der Waals surface area (Å²) in [4.78, 5) is 19.7. The zero-order valence-corrected chi connectivity index (χ0v) is 17.0. The Morgan fingerprint density at radius 3 is 2.81 bits per heavy atom. The van der Waals surface area contributed by atoms with Gasteiger partial charge in [-0.05, 0) is 18.1 Å². The monoisotopic (exact) mass is 388 g/mol. The van der Waals surface area contributed by atoms with Crippen LogP contribution in [-0.4, -0.2) is 45.8 Å². The van der Waals surface area contributed by atoms with Gasteiger partial charge in [0.15, 0.2) is 0 Å². The first-order chi connectivity index (χ1) is 13.0. The van der Waals surface area contributed by atoms with Crippen LogP contribution in [0.3, 0.4) is 0 Å². The van der Waals surface area contributed by atoms with Crippen LogP contribution in [0.25, 0.3) is 11.3 Å². The van der Waals surface area contributed by atoms with E-state index in [1.807, 2.05) is 29.2 Å². The van der Waals surface area contributed by atoms with Crippen LogP contribution in [0.2, 0.25) is 0 Å². The number of imidazole rings is 1. The van der Waals surface area contributed by atoms with Crippen molar-refractivity contribution in [1.82, 2.24) is 14.5 Å². The molecule has 3 atom stereocenters. The first kappa shape index (κ1) is 19.8. The van der Waals surface area contributed by atoms with Crippen molar-refractivity contribution in [1.29, 1.82) is 0 Å². The predicted molar refractivity (Wildman–Crippen MR) is 110 cm³/mol. The molecule has 1 amide bonds. The fourth-order valence-electron chi connectivity index (χ4n) is 3.65. The Morgan fingerprint density at radius 1 is 1.41 bits per heavy atom. The van der Waals surface area contributed by atoms with Gasteiger partial charge in [0.2, 0.25) is 5.91 Å². The average molecular weight is 389 g/mol. The molecule has 1 aromatic carbocycles. The molecular formula is C20H28N4O2S. The van der Waals surface area contributed by atoms with Gasteiger partial charge in [0.1, 0.15) is 11.6 Å². The van der Waals surface area contributed by atoms with Crippen molar-refractivity contribution < 1.29 is 9.53 Å². The summed E-state index contributed by atoms with van der Waals surface area (Å²) in [6.07, 6.45) is 3.00. The molecule has 2 heterocycles. The lowest BCUT2D eigenvalue weighted by molar-refractivity contribution is -0.137. The van der Waals surface area contributed by atoms with E-state index < -0.39 is 6.04 Å². The molecule has 1 aliphatic rings. The minimum atomic E-state index is -0.588. The Bertz CT molecular complexity index is 807. The molecule has 1 unspecified atom stereocenters. The number of thiol groups is 1. The van der Waals surface area contributed by atoms with E-state index in [1.54, 1.807) is 7.11 Å². The number of fused-ring (bicyclic) bond motifs is 1. The summed E-state index contributed by atoms with van der Waals surface area (Å²) in [6, 6.07) is 7.18. The van der Waals surface area contributed by atoms with E-state index >= 15 is 0 Å². The molecule has 0 spiro atoms. The van der Waals surface area contributed by atoms with Gasteiger partial charge in [0, 0.05) is 30.6 Å². The van der Waals surface area contributed by atoms with Crippen LogP contribution < -0.4 is 10.5 Å². The second kappa shape index (κ2) is 8.35. The number of methoxy groups -OCH3 is 1. The van der Waals surface area contributed by atoms with Gasteiger partial charge in [-0.15, -0.1) is 0 Å². The van der Waals surface area contributed by atoms with Gasteiger partial charge in [-0.25, -0.2) is 4.98 Å². The Kier molecular flexibility index (Phi) is 6.11. The zero-order valence-electron chi connectivity index (χ0n) is 16.1. The lowest BCUT2D eigenvalue weighted by Crippen LogP contribution is -2.51. The van der Waals surface area contributed by atoms with Gasteiger partial charge >= 0.3 is 0 Å². The summed E-state index contributed by atoms with van der Waals surface area (Å²) >= 11 is 4.20. The van der Waals surface area contributed by atoms with Crippen molar-refractivity contribution in [3.05, 3.63) is 36.3 Å². The lowest BCUT2D eigenvalue weighted by Gasteiger charge is -2.40. The molecule has 1 aromatic heterocycles. The number of aromatic nitrogens is 2. The van der Waals surface area contributed by atoms with Crippen LogP contribution in [0.5, 0.6) is 5.75 Å². The minimum absolute atomic E-state index is 0.0524. The molecule has 7 heteroatoms. The summed E-state index contributed by atoms with van der Waals surface area (Å²) in [7, 11) is 1.66. The average Bonchev–Trinajstić information content (AvgIpc) is 3.15. The number of para-hydroxylation sites is 1. The van der Waals surface area contributed by atoms with Crippen molar-refractivity contribution in [2.75, 3.05) is 19.4 Å². The van der Waals surface area contributed by atoms with Gasteiger partial charge in [-0.1, -0.05) is 32.4 Å². The number of hydrogen-bond acceptors (Lipinski definition) is 5. The first-order valence-corrected chi connectivity index (χ1v) is 10.0. The highest BCUT2D eigenvalue weighted by Crippen LogP contribution is 2.37. The van der Waals surface area contributed by atoms with Crippen LogP contribution in [0.15, 0.2) is 30.5 Å². The summed E-state index contributed by atoms with van der Waals surface area (Å²) in [5.41, 5.74) is 7.81. The highest BCUT2D eigenvalue weighted by molar-refractivity contribution is 7.80. The topological polar surface area (TPSA) is 73.4 Å². The van der Waals surface area contributed by atoms with Crippen molar-refractivity contribution in [2.24, 2.45) is 11.7 Å². The molecule has 27 heavy (non-hydrogen) atoms. The van der Waals surface area contributed by atoms with E-state index in [9.17, 15) is 4.79 Å². The van der Waals surface area contributed by atoms with Crippen molar-refractivity contribution in [3.63, 3.8) is 0 Å². The number of amides is 1. The molecule has 146 valence electrons. The van der Waals surface area contributed by atoms with Crippen LogP contribution in [0.4, 0.5) is 0 Å². The number of carbonyl (C=O) groups excluding carboxylic acids is 1. The van der Waals surface area contributed by atoms with E-state index in [0.717, 1.165) is 29.3 Å². The van der Waals surface area contributed by atoms with E-state index in [4.69, 9.17) is 15.5 Å². The van der Waals surface area contributed by atoms with E-state index in [1.165, 1.54) is 0 Å². The Labute approximate surface area is 166 Å². The number of nitrogens with two attached hydrogens (primary N) is 1. The van der Waals surface area contributed by atoms with Gasteiger partial charge in [0.05, 0.1) is 24.9 Å². The van der Waals surface area contributed by atoms with Crippen LogP contribution in [0, 0.1) is 5.92 Å². The largest absolute Gasteiger partial charge is 0.496 e. The Balaban J connectivity index is 2.03. The molecule has 0 radical (unpaired) electrons. The molecule has 2 N–H and O–H groups in total. The first-order valence-electron chi connectivity index (χ1n) is 9.39. The molecule has 3 rings (SSSR count). The maximum absolute atomic E-state index is 12.8. The highest BCUT2D eigenvalue weighted by Gasteiger charge is 2.37. The second-order valence-corrected chi connectivity index (χ2v) is 7.39. The molecule has 0 saturated heterocycles. The van der Waals surface area contributed by atoms with Crippen molar-refractivity contribution >= 4 is 18.5 Å². The summed E-state index contributed by atoms with van der Waals surface area (Å²) in [5, 5.41) is 0. The third-order valence-electron chi connectivity index (χ3n) is 5.35. The molecule has 6 nitrogen and oxygen atoms in total. The number of nitrogens with zero attached hydrogens (tertiary/aromatic N) is 3. The van der Waals surface area contributed by atoms with Crippen LogP contribution in [-0.2, 0) is 11.3 Å². The van der Waals surface area contributed by atoms with E-state index in [-0.39, 0.29) is 17.9 Å². The van der Waals surface area contributed by atoms with E-state index in [0.29, 0.717) is 18.8 Å². The van der Waals surface area contributed by atoms with Crippen molar-refractivity contribution in [2.45, 2.75) is 38.9 Å². The molecule has 0 bridgehead atoms. The molecule has 0 saturated carbocycles. The quantitative estimate of drug-likeness (QED) is 0.747. The van der Waals surface area contributed by atoms with Crippen molar-refractivity contribution in [3.8, 4) is 17.0 Å². The molecule has 0 aliphatic carbocycles. The fourth-order valence-corrected chi connectivity index (χ4v) is 3.80. The lowest BCUT2D eigenvalue weighted by atomic mass is 9.94. The molecular weight excluding hydrogens is 360 g/mol. The zero-order chi connectivity index (χ0) is 19.6. The van der Waals surface area contributed by atoms with Gasteiger partial charge < -0.3 is 19.9 Å². The van der Waals surface area contributed by atoms with Gasteiger partial charge in [-0.2, -0.15) is 12.6 Å². The van der Waals surface area contributed by atoms with Crippen LogP contribution in [0.1, 0.15) is 32.1 Å². The maximum atomic E-state index is 12.8. The third-order valence-corrected chi connectivity index (χ3v) is 5.75. The van der Waals surface area contributed by atoms with E-state index in [2.05, 4.69) is 37.2 Å². The van der Waals surface area contributed by atoms with Gasteiger partial charge in [0.25, 0.3) is 0 Å². The number of hydrogen-bond donors (Lipinski definition) is 2. The van der Waals surface area contributed by atoms with Gasteiger partial charge in [-0.3, -0.25) is 4.79 Å². The third kappa shape index (κ3) is 3.71. The second-order valence-electron chi connectivity index (χ2n) is 7.03. The predicted octanol–water partition coefficient (Wildman–Crippen LogP) is 2.75. The molecule has 0 fully saturated rings. The minimum Gasteiger partial charge on any atom is -0.496 e. The normalized spacial score (nSPS) is 18.7. The molecule has 2 aromatic rings. The molecule has 1 aliphatic heterocycles.